The smallest absolute Gasteiger partial charge is 0.326 e. The SMILES string of the molecule is CCOC(=O)[C@@H]1C[C@@]1(N)C(=O)OC. The number of ether oxygens (including phenoxy) is 2. The number of hydrogen-bond acceptors (Lipinski definition) is 5. The molecule has 0 saturated heterocycles. The molecular formula is C8H13NO4. The topological polar surface area (TPSA) is 78.6 Å². The molecule has 1 aliphatic carbocycles. The first kappa shape index (κ1) is 9.98. The third-order valence-electron chi connectivity index (χ3n) is 2.14. The van der Waals surface area contributed by atoms with Crippen molar-refractivity contribution in [2.75, 3.05) is 13.7 Å². The molecule has 5 heteroatoms. The lowest BCUT2D eigenvalue weighted by molar-refractivity contribution is -0.150. The number of carbonyl (C=O) groups excluding carboxylic acids is 2. The first-order valence-corrected chi connectivity index (χ1v) is 4.10. The highest BCUT2D eigenvalue weighted by atomic mass is 16.5. The predicted molar refractivity (Wildman–Crippen MR) is 43.7 cm³/mol. The summed E-state index contributed by atoms with van der Waals surface area (Å²) in [6, 6.07) is 0. The second kappa shape index (κ2) is 3.33. The van der Waals surface area contributed by atoms with Gasteiger partial charge in [0.2, 0.25) is 0 Å². The predicted octanol–water partition coefficient (Wildman–Crippen LogP) is -0.560. The Hall–Kier alpha value is -1.10. The minimum absolute atomic E-state index is 0.298. The highest BCUT2D eigenvalue weighted by Crippen LogP contribution is 2.42. The highest BCUT2D eigenvalue weighted by Gasteiger charge is 2.63. The number of carbonyl (C=O) groups is 2. The van der Waals surface area contributed by atoms with Crippen LogP contribution in [0.5, 0.6) is 0 Å². The van der Waals surface area contributed by atoms with Crippen molar-refractivity contribution in [1.29, 1.82) is 0 Å². The van der Waals surface area contributed by atoms with Crippen molar-refractivity contribution in [2.45, 2.75) is 18.9 Å². The Kier molecular flexibility index (Phi) is 2.56. The van der Waals surface area contributed by atoms with Gasteiger partial charge < -0.3 is 15.2 Å². The van der Waals surface area contributed by atoms with E-state index in [0.29, 0.717) is 13.0 Å². The molecule has 0 aromatic heterocycles. The van der Waals surface area contributed by atoms with Gasteiger partial charge in [-0.05, 0) is 13.3 Å². The van der Waals surface area contributed by atoms with Crippen molar-refractivity contribution in [1.82, 2.24) is 0 Å². The second-order valence-electron chi connectivity index (χ2n) is 3.04. The molecule has 5 nitrogen and oxygen atoms in total. The molecule has 74 valence electrons. The number of esters is 2. The van der Waals surface area contributed by atoms with E-state index in [1.807, 2.05) is 0 Å². The van der Waals surface area contributed by atoms with Crippen LogP contribution in [0.25, 0.3) is 0 Å². The maximum atomic E-state index is 11.1. The molecule has 1 fully saturated rings. The molecule has 0 aromatic carbocycles. The second-order valence-corrected chi connectivity index (χ2v) is 3.04. The summed E-state index contributed by atoms with van der Waals surface area (Å²) in [5.74, 6) is -1.50. The molecule has 0 spiro atoms. The molecule has 2 N–H and O–H groups in total. The molecule has 1 saturated carbocycles. The Bertz CT molecular complexity index is 240. The lowest BCUT2D eigenvalue weighted by atomic mass is 10.2. The Morgan fingerprint density at radius 3 is 2.69 bits per heavy atom. The fraction of sp³-hybridized carbons (Fsp3) is 0.750. The molecule has 0 unspecified atom stereocenters. The van der Waals surface area contributed by atoms with E-state index in [-0.39, 0.29) is 0 Å². The monoisotopic (exact) mass is 187 g/mol. The van der Waals surface area contributed by atoms with Crippen molar-refractivity contribution in [3.8, 4) is 0 Å². The summed E-state index contributed by atoms with van der Waals surface area (Å²) >= 11 is 0. The summed E-state index contributed by atoms with van der Waals surface area (Å²) in [6.07, 6.45) is 0.318. The maximum absolute atomic E-state index is 11.1. The first-order valence-electron chi connectivity index (χ1n) is 4.10. The van der Waals surface area contributed by atoms with E-state index in [0.717, 1.165) is 0 Å². The molecule has 0 aromatic rings. The first-order chi connectivity index (χ1) is 6.06. The van der Waals surface area contributed by atoms with Crippen molar-refractivity contribution >= 4 is 11.9 Å². The largest absolute Gasteiger partial charge is 0.468 e. The van der Waals surface area contributed by atoms with E-state index >= 15 is 0 Å². The molecule has 1 aliphatic rings. The Morgan fingerprint density at radius 2 is 2.23 bits per heavy atom. The number of hydrogen-bond donors (Lipinski definition) is 1. The van der Waals surface area contributed by atoms with Crippen molar-refractivity contribution in [3.63, 3.8) is 0 Å². The molecule has 0 amide bonds. The molecule has 13 heavy (non-hydrogen) atoms. The fourth-order valence-electron chi connectivity index (χ4n) is 1.23. The fourth-order valence-corrected chi connectivity index (χ4v) is 1.23. The number of methoxy groups -OCH3 is 1. The van der Waals surface area contributed by atoms with Crippen LogP contribution in [0, 0.1) is 5.92 Å². The van der Waals surface area contributed by atoms with E-state index < -0.39 is 23.4 Å². The van der Waals surface area contributed by atoms with E-state index in [1.165, 1.54) is 7.11 Å². The molecule has 0 heterocycles. The van der Waals surface area contributed by atoms with Gasteiger partial charge in [0.05, 0.1) is 19.6 Å². The van der Waals surface area contributed by atoms with Crippen LogP contribution >= 0.6 is 0 Å². The van der Waals surface area contributed by atoms with E-state index in [1.54, 1.807) is 6.92 Å². The van der Waals surface area contributed by atoms with Crippen molar-refractivity contribution in [3.05, 3.63) is 0 Å². The molecule has 2 atom stereocenters. The molecule has 0 aliphatic heterocycles. The van der Waals surface area contributed by atoms with Gasteiger partial charge in [-0.2, -0.15) is 0 Å². The lowest BCUT2D eigenvalue weighted by Gasteiger charge is -2.07. The lowest BCUT2D eigenvalue weighted by Crippen LogP contribution is -2.38. The van der Waals surface area contributed by atoms with Crippen LogP contribution < -0.4 is 5.73 Å². The van der Waals surface area contributed by atoms with Crippen LogP contribution in [0.2, 0.25) is 0 Å². The van der Waals surface area contributed by atoms with Crippen LogP contribution in [-0.2, 0) is 19.1 Å². The summed E-state index contributed by atoms with van der Waals surface area (Å²) in [7, 11) is 1.25. The van der Waals surface area contributed by atoms with Crippen LogP contribution in [-0.4, -0.2) is 31.2 Å². The standard InChI is InChI=1S/C8H13NO4/c1-3-13-6(10)5-4-8(5,9)7(11)12-2/h5H,3-4,9H2,1-2H3/t5-,8-/m0/s1. The van der Waals surface area contributed by atoms with E-state index in [9.17, 15) is 9.59 Å². The van der Waals surface area contributed by atoms with Gasteiger partial charge >= 0.3 is 11.9 Å². The van der Waals surface area contributed by atoms with Gasteiger partial charge in [0, 0.05) is 0 Å². The summed E-state index contributed by atoms with van der Waals surface area (Å²) in [4.78, 5) is 22.2. The van der Waals surface area contributed by atoms with Crippen molar-refractivity contribution < 1.29 is 19.1 Å². The molecular weight excluding hydrogens is 174 g/mol. The van der Waals surface area contributed by atoms with Gasteiger partial charge in [0.1, 0.15) is 5.54 Å². The summed E-state index contributed by atoms with van der Waals surface area (Å²) in [5, 5.41) is 0. The molecule has 0 bridgehead atoms. The van der Waals surface area contributed by atoms with E-state index in [4.69, 9.17) is 10.5 Å². The van der Waals surface area contributed by atoms with Gasteiger partial charge in [-0.25, -0.2) is 0 Å². The van der Waals surface area contributed by atoms with Gasteiger partial charge in [-0.15, -0.1) is 0 Å². The zero-order valence-corrected chi connectivity index (χ0v) is 7.70. The van der Waals surface area contributed by atoms with Crippen LogP contribution in [0.4, 0.5) is 0 Å². The Morgan fingerprint density at radius 1 is 1.62 bits per heavy atom. The Labute approximate surface area is 76.2 Å². The molecule has 0 radical (unpaired) electrons. The van der Waals surface area contributed by atoms with Crippen LogP contribution in [0.1, 0.15) is 13.3 Å². The number of rotatable bonds is 3. The number of nitrogens with two attached hydrogens (primary N) is 1. The zero-order valence-electron chi connectivity index (χ0n) is 7.70. The summed E-state index contributed by atoms with van der Waals surface area (Å²) in [6.45, 7) is 2.00. The van der Waals surface area contributed by atoms with Crippen molar-refractivity contribution in [2.24, 2.45) is 11.7 Å². The average Bonchev–Trinajstić information content (AvgIpc) is 2.79. The summed E-state index contributed by atoms with van der Waals surface area (Å²) in [5.41, 5.74) is 4.46. The molecule has 1 rings (SSSR count). The minimum atomic E-state index is -1.14. The third kappa shape index (κ3) is 1.65. The quantitative estimate of drug-likeness (QED) is 0.599. The van der Waals surface area contributed by atoms with Crippen LogP contribution in [0.3, 0.4) is 0 Å². The van der Waals surface area contributed by atoms with Gasteiger partial charge in [-0.1, -0.05) is 0 Å². The third-order valence-corrected chi connectivity index (χ3v) is 2.14. The van der Waals surface area contributed by atoms with Gasteiger partial charge in [-0.3, -0.25) is 9.59 Å². The van der Waals surface area contributed by atoms with Gasteiger partial charge in [0.25, 0.3) is 0 Å². The highest BCUT2D eigenvalue weighted by molar-refractivity contribution is 5.94. The van der Waals surface area contributed by atoms with Gasteiger partial charge in [0.15, 0.2) is 0 Å². The zero-order chi connectivity index (χ0) is 10.1. The maximum Gasteiger partial charge on any atom is 0.326 e. The normalized spacial score (nSPS) is 30.8. The van der Waals surface area contributed by atoms with E-state index in [2.05, 4.69) is 4.74 Å². The average molecular weight is 187 g/mol. The summed E-state index contributed by atoms with van der Waals surface area (Å²) < 4.78 is 9.19. The minimum Gasteiger partial charge on any atom is -0.468 e. The Balaban J connectivity index is 2.52. The van der Waals surface area contributed by atoms with Crippen LogP contribution in [0.15, 0.2) is 0 Å².